The molecule has 4 heteroatoms. The monoisotopic (exact) mass is 311 g/mol. The van der Waals surface area contributed by atoms with E-state index in [2.05, 4.69) is 19.2 Å². The number of likely N-dealkylation sites (N-methyl/N-ethyl adjacent to an activating group) is 1. The molecule has 0 aromatic heterocycles. The fourth-order valence-electron chi connectivity index (χ4n) is 2.84. The Kier molecular flexibility index (Phi) is 6.81. The molecule has 1 fully saturated rings. The van der Waals surface area contributed by atoms with Crippen molar-refractivity contribution in [2.75, 3.05) is 13.2 Å². The van der Waals surface area contributed by atoms with Crippen molar-refractivity contribution in [2.24, 2.45) is 0 Å². The maximum Gasteiger partial charge on any atom is 0.121 e. The molecule has 1 aromatic carbocycles. The molecule has 3 unspecified atom stereocenters. The van der Waals surface area contributed by atoms with Crippen molar-refractivity contribution < 1.29 is 9.47 Å². The quantitative estimate of drug-likeness (QED) is 0.786. The molecule has 3 nitrogen and oxygen atoms in total. The molecule has 0 spiro atoms. The van der Waals surface area contributed by atoms with Crippen LogP contribution in [-0.2, 0) is 4.74 Å². The van der Waals surface area contributed by atoms with Crippen LogP contribution < -0.4 is 10.1 Å². The van der Waals surface area contributed by atoms with Crippen LogP contribution in [0.2, 0.25) is 5.02 Å². The highest BCUT2D eigenvalue weighted by Crippen LogP contribution is 2.22. The first-order chi connectivity index (χ1) is 10.2. The van der Waals surface area contributed by atoms with Gasteiger partial charge in [0.25, 0.3) is 0 Å². The van der Waals surface area contributed by atoms with Gasteiger partial charge < -0.3 is 14.8 Å². The number of ether oxygens (including phenoxy) is 2. The van der Waals surface area contributed by atoms with E-state index in [1.807, 2.05) is 24.3 Å². The Labute approximate surface area is 133 Å². The second-order valence-electron chi connectivity index (χ2n) is 5.66. The fourth-order valence-corrected chi connectivity index (χ4v) is 3.02. The minimum atomic E-state index is 0.102. The summed E-state index contributed by atoms with van der Waals surface area (Å²) < 4.78 is 11.7. The van der Waals surface area contributed by atoms with Gasteiger partial charge in [-0.2, -0.15) is 0 Å². The molecule has 3 atom stereocenters. The van der Waals surface area contributed by atoms with Gasteiger partial charge in [0.15, 0.2) is 0 Å². The predicted molar refractivity (Wildman–Crippen MR) is 87.2 cm³/mol. The topological polar surface area (TPSA) is 30.5 Å². The van der Waals surface area contributed by atoms with Gasteiger partial charge in [-0.3, -0.25) is 0 Å². The van der Waals surface area contributed by atoms with Gasteiger partial charge in [-0.1, -0.05) is 24.6 Å². The SMILES string of the molecule is CCNC(CCC1CCCO1)C(C)Oc1cccc(Cl)c1. The molecule has 0 amide bonds. The van der Waals surface area contributed by atoms with Crippen LogP contribution in [0, 0.1) is 0 Å². The van der Waals surface area contributed by atoms with Crippen molar-refractivity contribution in [3.8, 4) is 5.75 Å². The van der Waals surface area contributed by atoms with E-state index in [0.29, 0.717) is 17.2 Å². The molecule has 2 rings (SSSR count). The van der Waals surface area contributed by atoms with Crippen LogP contribution in [0.5, 0.6) is 5.75 Å². The summed E-state index contributed by atoms with van der Waals surface area (Å²) in [6, 6.07) is 7.92. The van der Waals surface area contributed by atoms with Crippen molar-refractivity contribution >= 4 is 11.6 Å². The first-order valence-electron chi connectivity index (χ1n) is 7.96. The molecular weight excluding hydrogens is 286 g/mol. The summed E-state index contributed by atoms with van der Waals surface area (Å²) in [6.07, 6.45) is 5.10. The molecule has 0 radical (unpaired) electrons. The van der Waals surface area contributed by atoms with Crippen LogP contribution in [0.4, 0.5) is 0 Å². The zero-order chi connectivity index (χ0) is 15.1. The molecule has 1 aliphatic heterocycles. The van der Waals surface area contributed by atoms with Gasteiger partial charge >= 0.3 is 0 Å². The first-order valence-corrected chi connectivity index (χ1v) is 8.34. The predicted octanol–water partition coefficient (Wildman–Crippen LogP) is 4.04. The van der Waals surface area contributed by atoms with Gasteiger partial charge in [-0.25, -0.2) is 0 Å². The average molecular weight is 312 g/mol. The van der Waals surface area contributed by atoms with E-state index in [4.69, 9.17) is 21.1 Å². The van der Waals surface area contributed by atoms with Gasteiger partial charge in [0.2, 0.25) is 0 Å². The van der Waals surface area contributed by atoms with Crippen molar-refractivity contribution in [1.82, 2.24) is 5.32 Å². The van der Waals surface area contributed by atoms with E-state index < -0.39 is 0 Å². The molecule has 0 saturated carbocycles. The zero-order valence-electron chi connectivity index (χ0n) is 13.0. The maximum absolute atomic E-state index is 6.04. The number of nitrogens with one attached hydrogen (secondary N) is 1. The van der Waals surface area contributed by atoms with Gasteiger partial charge in [-0.05, 0) is 57.4 Å². The summed E-state index contributed by atoms with van der Waals surface area (Å²) in [7, 11) is 0. The van der Waals surface area contributed by atoms with E-state index in [0.717, 1.165) is 31.7 Å². The second kappa shape index (κ2) is 8.62. The molecule has 0 aliphatic carbocycles. The number of halogens is 1. The van der Waals surface area contributed by atoms with Gasteiger partial charge in [0.05, 0.1) is 6.10 Å². The normalized spacial score (nSPS) is 21.2. The molecule has 21 heavy (non-hydrogen) atoms. The highest BCUT2D eigenvalue weighted by Gasteiger charge is 2.22. The Hall–Kier alpha value is -0.770. The molecule has 1 aliphatic rings. The van der Waals surface area contributed by atoms with Crippen LogP contribution in [0.15, 0.2) is 24.3 Å². The summed E-state index contributed by atoms with van der Waals surface area (Å²) in [5.74, 6) is 0.829. The van der Waals surface area contributed by atoms with E-state index in [1.54, 1.807) is 0 Å². The van der Waals surface area contributed by atoms with E-state index in [-0.39, 0.29) is 6.10 Å². The summed E-state index contributed by atoms with van der Waals surface area (Å²) >= 11 is 6.00. The molecule has 118 valence electrons. The Balaban J connectivity index is 1.86. The van der Waals surface area contributed by atoms with Gasteiger partial charge in [-0.15, -0.1) is 0 Å². The van der Waals surface area contributed by atoms with E-state index in [1.165, 1.54) is 12.8 Å². The lowest BCUT2D eigenvalue weighted by Crippen LogP contribution is -2.41. The third kappa shape index (κ3) is 5.50. The molecule has 1 N–H and O–H groups in total. The lowest BCUT2D eigenvalue weighted by Gasteiger charge is -2.26. The van der Waals surface area contributed by atoms with Crippen LogP contribution in [0.3, 0.4) is 0 Å². The number of benzene rings is 1. The van der Waals surface area contributed by atoms with Crippen molar-refractivity contribution in [1.29, 1.82) is 0 Å². The van der Waals surface area contributed by atoms with Crippen LogP contribution in [0.25, 0.3) is 0 Å². The van der Waals surface area contributed by atoms with Crippen LogP contribution in [-0.4, -0.2) is 31.4 Å². The Morgan fingerprint density at radius 2 is 2.33 bits per heavy atom. The lowest BCUT2D eigenvalue weighted by molar-refractivity contribution is 0.0906. The summed E-state index contributed by atoms with van der Waals surface area (Å²) in [4.78, 5) is 0. The standard InChI is InChI=1S/C17H26ClNO2/c1-3-19-17(10-9-15-8-5-11-20-15)13(2)21-16-7-4-6-14(18)12-16/h4,6-7,12-13,15,17,19H,3,5,8-11H2,1-2H3. The fraction of sp³-hybridized carbons (Fsp3) is 0.647. The smallest absolute Gasteiger partial charge is 0.121 e. The Bertz CT molecular complexity index is 421. The number of rotatable bonds is 8. The van der Waals surface area contributed by atoms with E-state index >= 15 is 0 Å². The number of hydrogen-bond acceptors (Lipinski definition) is 3. The molecule has 1 aromatic rings. The third-order valence-electron chi connectivity index (χ3n) is 3.97. The maximum atomic E-state index is 6.04. The van der Waals surface area contributed by atoms with Crippen LogP contribution >= 0.6 is 11.6 Å². The minimum Gasteiger partial charge on any atom is -0.489 e. The summed E-state index contributed by atoms with van der Waals surface area (Å²) in [5.41, 5.74) is 0. The summed E-state index contributed by atoms with van der Waals surface area (Å²) in [5, 5.41) is 4.24. The average Bonchev–Trinajstić information content (AvgIpc) is 2.96. The van der Waals surface area contributed by atoms with Gasteiger partial charge in [0, 0.05) is 17.7 Å². The Morgan fingerprint density at radius 3 is 3.00 bits per heavy atom. The van der Waals surface area contributed by atoms with E-state index in [9.17, 15) is 0 Å². The molecular formula is C17H26ClNO2. The minimum absolute atomic E-state index is 0.102. The van der Waals surface area contributed by atoms with Gasteiger partial charge in [0.1, 0.15) is 11.9 Å². The molecule has 0 bridgehead atoms. The third-order valence-corrected chi connectivity index (χ3v) is 4.21. The molecule has 1 heterocycles. The largest absolute Gasteiger partial charge is 0.489 e. The lowest BCUT2D eigenvalue weighted by atomic mass is 10.0. The van der Waals surface area contributed by atoms with Crippen molar-refractivity contribution in [3.05, 3.63) is 29.3 Å². The number of hydrogen-bond donors (Lipinski definition) is 1. The Morgan fingerprint density at radius 1 is 1.48 bits per heavy atom. The van der Waals surface area contributed by atoms with Crippen LogP contribution in [0.1, 0.15) is 39.5 Å². The summed E-state index contributed by atoms with van der Waals surface area (Å²) in [6.45, 7) is 6.11. The second-order valence-corrected chi connectivity index (χ2v) is 6.09. The molecule has 1 saturated heterocycles. The zero-order valence-corrected chi connectivity index (χ0v) is 13.7. The van der Waals surface area contributed by atoms with Crippen molar-refractivity contribution in [3.63, 3.8) is 0 Å². The highest BCUT2D eigenvalue weighted by molar-refractivity contribution is 6.30. The highest BCUT2D eigenvalue weighted by atomic mass is 35.5. The first kappa shape index (κ1) is 16.6. The van der Waals surface area contributed by atoms with Crippen molar-refractivity contribution in [2.45, 2.75) is 57.8 Å².